The van der Waals surface area contributed by atoms with Crippen molar-refractivity contribution >= 4 is 39.8 Å². The summed E-state index contributed by atoms with van der Waals surface area (Å²) in [4.78, 5) is 39.0. The molecule has 0 radical (unpaired) electrons. The number of anilines is 2. The number of carbonyl (C=O) groups excluding carboxylic acids is 3. The predicted molar refractivity (Wildman–Crippen MR) is 128 cm³/mol. The van der Waals surface area contributed by atoms with Crippen LogP contribution in [0.5, 0.6) is 0 Å². The van der Waals surface area contributed by atoms with Crippen LogP contribution in [-0.2, 0) is 28.9 Å². The van der Waals surface area contributed by atoms with Crippen molar-refractivity contribution in [2.24, 2.45) is 0 Å². The molecule has 2 amide bonds. The molecule has 3 aromatic rings. The van der Waals surface area contributed by atoms with Gasteiger partial charge >= 0.3 is 5.97 Å². The first-order chi connectivity index (χ1) is 16.0. The Morgan fingerprint density at radius 2 is 1.70 bits per heavy atom. The van der Waals surface area contributed by atoms with E-state index in [2.05, 4.69) is 10.6 Å². The second-order valence-corrected chi connectivity index (χ2v) is 8.90. The Labute approximate surface area is 196 Å². The highest BCUT2D eigenvalue weighted by atomic mass is 32.1. The maximum absolute atomic E-state index is 13.1. The second-order valence-electron chi connectivity index (χ2n) is 7.79. The number of nitrogen functional groups attached to an aromatic ring is 1. The summed E-state index contributed by atoms with van der Waals surface area (Å²) < 4.78 is 5.12. The van der Waals surface area contributed by atoms with Crippen LogP contribution in [0.15, 0.2) is 54.6 Å². The highest BCUT2D eigenvalue weighted by Crippen LogP contribution is 2.38. The van der Waals surface area contributed by atoms with Crippen LogP contribution in [0.1, 0.15) is 49.6 Å². The average Bonchev–Trinajstić information content (AvgIpc) is 3.19. The number of benzene rings is 2. The third kappa shape index (κ3) is 5.40. The molecule has 1 heterocycles. The molecule has 1 aromatic heterocycles. The minimum absolute atomic E-state index is 0.206. The first-order valence-corrected chi connectivity index (χ1v) is 11.6. The summed E-state index contributed by atoms with van der Waals surface area (Å²) in [6.07, 6.45) is 3.75. The van der Waals surface area contributed by atoms with Gasteiger partial charge in [-0.05, 0) is 48.9 Å². The number of amides is 2. The third-order valence-electron chi connectivity index (χ3n) is 5.46. The van der Waals surface area contributed by atoms with E-state index in [0.29, 0.717) is 17.1 Å². The SMILES string of the molecule is Nc1ccccc1C(=O)OCC(=O)Nc1sc2c(c1C(=O)NCc1ccccc1)CCCC2. The van der Waals surface area contributed by atoms with E-state index in [1.54, 1.807) is 18.2 Å². The molecule has 0 atom stereocenters. The van der Waals surface area contributed by atoms with Crippen LogP contribution >= 0.6 is 11.3 Å². The molecule has 0 unspecified atom stereocenters. The lowest BCUT2D eigenvalue weighted by Crippen LogP contribution is -2.26. The normalized spacial score (nSPS) is 12.5. The Morgan fingerprint density at radius 1 is 0.970 bits per heavy atom. The summed E-state index contributed by atoms with van der Waals surface area (Å²) >= 11 is 1.42. The summed E-state index contributed by atoms with van der Waals surface area (Å²) in [5.41, 5.74) is 8.78. The quantitative estimate of drug-likeness (QED) is 0.363. The van der Waals surface area contributed by atoms with Gasteiger partial charge in [-0.25, -0.2) is 4.79 Å². The fourth-order valence-electron chi connectivity index (χ4n) is 3.82. The number of nitrogens with one attached hydrogen (secondary N) is 2. The fourth-order valence-corrected chi connectivity index (χ4v) is 5.12. The molecule has 0 bridgehead atoms. The largest absolute Gasteiger partial charge is 0.452 e. The summed E-state index contributed by atoms with van der Waals surface area (Å²) in [7, 11) is 0. The molecular weight excluding hydrogens is 438 g/mol. The summed E-state index contributed by atoms with van der Waals surface area (Å²) in [6, 6.07) is 16.2. The van der Waals surface area contributed by atoms with Crippen LogP contribution in [0.2, 0.25) is 0 Å². The van der Waals surface area contributed by atoms with Crippen molar-refractivity contribution in [3.8, 4) is 0 Å². The van der Waals surface area contributed by atoms with Crippen molar-refractivity contribution < 1.29 is 19.1 Å². The van der Waals surface area contributed by atoms with Crippen molar-refractivity contribution in [2.75, 3.05) is 17.7 Å². The molecule has 0 saturated heterocycles. The van der Waals surface area contributed by atoms with Crippen LogP contribution in [0, 0.1) is 0 Å². The molecule has 1 aliphatic carbocycles. The Kier molecular flexibility index (Phi) is 7.04. The van der Waals surface area contributed by atoms with E-state index in [0.717, 1.165) is 41.7 Å². The van der Waals surface area contributed by atoms with E-state index in [1.165, 1.54) is 17.4 Å². The summed E-state index contributed by atoms with van der Waals surface area (Å²) in [6.45, 7) is -0.0748. The van der Waals surface area contributed by atoms with Crippen LogP contribution < -0.4 is 16.4 Å². The van der Waals surface area contributed by atoms with Crippen molar-refractivity contribution in [2.45, 2.75) is 32.2 Å². The van der Waals surface area contributed by atoms with Gasteiger partial charge in [-0.1, -0.05) is 42.5 Å². The molecule has 1 aliphatic rings. The van der Waals surface area contributed by atoms with Crippen LogP contribution in [0.3, 0.4) is 0 Å². The van der Waals surface area contributed by atoms with Gasteiger partial charge in [-0.3, -0.25) is 9.59 Å². The molecule has 2 aromatic carbocycles. The minimum Gasteiger partial charge on any atom is -0.452 e. The molecular formula is C25H25N3O4S. The number of carbonyl (C=O) groups is 3. The van der Waals surface area contributed by atoms with E-state index in [1.807, 2.05) is 30.3 Å². The highest BCUT2D eigenvalue weighted by molar-refractivity contribution is 7.17. The number of fused-ring (bicyclic) bond motifs is 1. The molecule has 0 aliphatic heterocycles. The Balaban J connectivity index is 1.45. The van der Waals surface area contributed by atoms with Crippen LogP contribution in [-0.4, -0.2) is 24.4 Å². The van der Waals surface area contributed by atoms with Gasteiger partial charge in [0.2, 0.25) is 0 Å². The lowest BCUT2D eigenvalue weighted by atomic mass is 9.95. The molecule has 7 nitrogen and oxygen atoms in total. The minimum atomic E-state index is -0.672. The van der Waals surface area contributed by atoms with E-state index < -0.39 is 18.5 Å². The van der Waals surface area contributed by atoms with Crippen molar-refractivity contribution in [1.82, 2.24) is 5.32 Å². The number of esters is 1. The number of aryl methyl sites for hydroxylation is 1. The van der Waals surface area contributed by atoms with Gasteiger partial charge in [0.15, 0.2) is 6.61 Å². The lowest BCUT2D eigenvalue weighted by molar-refractivity contribution is -0.119. The topological polar surface area (TPSA) is 111 Å². The number of hydrogen-bond acceptors (Lipinski definition) is 6. The second kappa shape index (κ2) is 10.3. The van der Waals surface area contributed by atoms with E-state index in [4.69, 9.17) is 10.5 Å². The number of hydrogen-bond donors (Lipinski definition) is 3. The molecule has 33 heavy (non-hydrogen) atoms. The molecule has 170 valence electrons. The van der Waals surface area contributed by atoms with Gasteiger partial charge in [0, 0.05) is 17.1 Å². The van der Waals surface area contributed by atoms with Crippen molar-refractivity contribution in [3.63, 3.8) is 0 Å². The van der Waals surface area contributed by atoms with Gasteiger partial charge in [-0.15, -0.1) is 11.3 Å². The number of para-hydroxylation sites is 1. The van der Waals surface area contributed by atoms with E-state index >= 15 is 0 Å². The van der Waals surface area contributed by atoms with Crippen molar-refractivity contribution in [1.29, 1.82) is 0 Å². The lowest BCUT2D eigenvalue weighted by Gasteiger charge is -2.13. The predicted octanol–water partition coefficient (Wildman–Crippen LogP) is 3.93. The number of rotatable bonds is 7. The Bertz CT molecular complexity index is 1170. The maximum atomic E-state index is 13.1. The van der Waals surface area contributed by atoms with Gasteiger partial charge in [-0.2, -0.15) is 0 Å². The van der Waals surface area contributed by atoms with Crippen LogP contribution in [0.4, 0.5) is 10.7 Å². The van der Waals surface area contributed by atoms with Crippen molar-refractivity contribution in [3.05, 3.63) is 81.7 Å². The van der Waals surface area contributed by atoms with E-state index in [9.17, 15) is 14.4 Å². The molecule has 8 heteroatoms. The zero-order valence-corrected chi connectivity index (χ0v) is 18.9. The number of nitrogens with two attached hydrogens (primary N) is 1. The zero-order chi connectivity index (χ0) is 23.2. The van der Waals surface area contributed by atoms with Gasteiger partial charge in [0.25, 0.3) is 11.8 Å². The van der Waals surface area contributed by atoms with Gasteiger partial charge < -0.3 is 21.1 Å². The summed E-state index contributed by atoms with van der Waals surface area (Å²) in [5.74, 6) is -1.40. The van der Waals surface area contributed by atoms with Crippen LogP contribution in [0.25, 0.3) is 0 Å². The number of thiophene rings is 1. The smallest absolute Gasteiger partial charge is 0.340 e. The Hall–Kier alpha value is -3.65. The van der Waals surface area contributed by atoms with E-state index in [-0.39, 0.29) is 17.2 Å². The fraction of sp³-hybridized carbons (Fsp3) is 0.240. The molecule has 0 saturated carbocycles. The third-order valence-corrected chi connectivity index (χ3v) is 6.67. The molecule has 4 N–H and O–H groups in total. The molecule has 4 rings (SSSR count). The maximum Gasteiger partial charge on any atom is 0.340 e. The first-order valence-electron chi connectivity index (χ1n) is 10.8. The van der Waals surface area contributed by atoms with Gasteiger partial charge in [0.05, 0.1) is 11.1 Å². The number of ether oxygens (including phenoxy) is 1. The highest BCUT2D eigenvalue weighted by Gasteiger charge is 2.26. The zero-order valence-electron chi connectivity index (χ0n) is 18.1. The standard InChI is InChI=1S/C25H25N3O4S/c26-19-12-6-4-10-17(19)25(31)32-15-21(29)28-24-22(18-11-5-7-13-20(18)33-24)23(30)27-14-16-8-2-1-3-9-16/h1-4,6,8-10,12H,5,7,11,13-15,26H2,(H,27,30)(H,28,29). The molecule has 0 spiro atoms. The molecule has 0 fully saturated rings. The average molecular weight is 464 g/mol. The Morgan fingerprint density at radius 3 is 2.48 bits per heavy atom. The summed E-state index contributed by atoms with van der Waals surface area (Å²) in [5, 5.41) is 6.23. The van der Waals surface area contributed by atoms with Gasteiger partial charge in [0.1, 0.15) is 5.00 Å². The first kappa shape index (κ1) is 22.5. The monoisotopic (exact) mass is 463 g/mol.